The van der Waals surface area contributed by atoms with Crippen molar-refractivity contribution >= 4 is 29.9 Å². The summed E-state index contributed by atoms with van der Waals surface area (Å²) in [5.74, 6) is -0.375. The third kappa shape index (κ3) is 4.87. The Balaban J connectivity index is 0.00000261. The lowest BCUT2D eigenvalue weighted by Gasteiger charge is -2.22. The minimum absolute atomic E-state index is 0. The van der Waals surface area contributed by atoms with Crippen LogP contribution in [0.5, 0.6) is 0 Å². The van der Waals surface area contributed by atoms with Crippen molar-refractivity contribution in [1.29, 1.82) is 0 Å². The Hall–Kier alpha value is -2.38. The molecule has 1 fully saturated rings. The van der Waals surface area contributed by atoms with Gasteiger partial charge in [-0.15, -0.1) is 12.4 Å². The number of aromatic nitrogens is 2. The van der Waals surface area contributed by atoms with Crippen LogP contribution in [0.4, 0.5) is 5.69 Å². The summed E-state index contributed by atoms with van der Waals surface area (Å²) >= 11 is 0. The number of nitrogens with zero attached hydrogens (tertiary/aromatic N) is 3. The summed E-state index contributed by atoms with van der Waals surface area (Å²) in [5, 5.41) is 10.7. The Morgan fingerprint density at radius 2 is 2.07 bits per heavy atom. The Kier molecular flexibility index (Phi) is 6.98. The van der Waals surface area contributed by atoms with Crippen molar-refractivity contribution in [2.24, 2.45) is 0 Å². The summed E-state index contributed by atoms with van der Waals surface area (Å²) in [5.41, 5.74) is 2.43. The van der Waals surface area contributed by atoms with Gasteiger partial charge in [0.1, 0.15) is 0 Å². The van der Waals surface area contributed by atoms with E-state index in [0.29, 0.717) is 16.9 Å². The van der Waals surface area contributed by atoms with E-state index in [0.717, 1.165) is 31.5 Å². The number of amides is 2. The molecular formula is C19H26ClN5O2. The lowest BCUT2D eigenvalue weighted by molar-refractivity contribution is 0.0827. The molecule has 27 heavy (non-hydrogen) atoms. The number of piperidine rings is 1. The van der Waals surface area contributed by atoms with Gasteiger partial charge in [0.25, 0.3) is 11.8 Å². The number of benzene rings is 1. The van der Waals surface area contributed by atoms with E-state index in [9.17, 15) is 9.59 Å². The Morgan fingerprint density at radius 3 is 2.74 bits per heavy atom. The van der Waals surface area contributed by atoms with Crippen molar-refractivity contribution in [1.82, 2.24) is 20.0 Å². The van der Waals surface area contributed by atoms with E-state index in [-0.39, 0.29) is 30.3 Å². The predicted octanol–water partition coefficient (Wildman–Crippen LogP) is 2.49. The van der Waals surface area contributed by atoms with Crippen LogP contribution in [0.25, 0.3) is 0 Å². The second-order valence-corrected chi connectivity index (χ2v) is 6.86. The zero-order valence-corrected chi connectivity index (χ0v) is 16.7. The largest absolute Gasteiger partial charge is 0.345 e. The molecule has 2 amide bonds. The number of carbonyl (C=O) groups is 2. The highest BCUT2D eigenvalue weighted by atomic mass is 35.5. The summed E-state index contributed by atoms with van der Waals surface area (Å²) in [6.07, 6.45) is 4.02. The average Bonchev–Trinajstić information content (AvgIpc) is 3.14. The quantitative estimate of drug-likeness (QED) is 0.839. The van der Waals surface area contributed by atoms with E-state index in [1.807, 2.05) is 23.9 Å². The van der Waals surface area contributed by atoms with Crippen LogP contribution in [0.2, 0.25) is 0 Å². The molecule has 2 heterocycles. The standard InChI is InChI=1S/C19H25N5O2.ClH/c1-13-6-7-14(19(26)23(2)3)11-17(13)21-18(25)16-8-10-24(22-16)15-5-4-9-20-12-15;/h6-8,10-11,15,20H,4-5,9,12H2,1-3H3,(H,21,25);1H. The van der Waals surface area contributed by atoms with Crippen molar-refractivity contribution in [3.8, 4) is 0 Å². The van der Waals surface area contributed by atoms with Gasteiger partial charge in [0.2, 0.25) is 0 Å². The van der Waals surface area contributed by atoms with Gasteiger partial charge in [0, 0.05) is 38.1 Å². The molecule has 0 radical (unpaired) electrons. The first-order chi connectivity index (χ1) is 12.5. The van der Waals surface area contributed by atoms with E-state index in [1.54, 1.807) is 32.3 Å². The fraction of sp³-hybridized carbons (Fsp3) is 0.421. The highest BCUT2D eigenvalue weighted by molar-refractivity contribution is 6.04. The van der Waals surface area contributed by atoms with E-state index in [1.165, 1.54) is 4.90 Å². The minimum atomic E-state index is -0.273. The molecule has 2 aromatic rings. The maximum absolute atomic E-state index is 12.6. The smallest absolute Gasteiger partial charge is 0.276 e. The Labute approximate surface area is 165 Å². The molecule has 2 N–H and O–H groups in total. The van der Waals surface area contributed by atoms with Crippen molar-refractivity contribution in [2.45, 2.75) is 25.8 Å². The molecule has 0 saturated carbocycles. The van der Waals surface area contributed by atoms with Crippen molar-refractivity contribution in [2.75, 3.05) is 32.5 Å². The zero-order chi connectivity index (χ0) is 18.7. The van der Waals surface area contributed by atoms with Crippen molar-refractivity contribution < 1.29 is 9.59 Å². The van der Waals surface area contributed by atoms with Gasteiger partial charge in [-0.25, -0.2) is 0 Å². The van der Waals surface area contributed by atoms with Gasteiger partial charge < -0.3 is 15.5 Å². The highest BCUT2D eigenvalue weighted by Gasteiger charge is 2.18. The normalized spacial score (nSPS) is 16.3. The van der Waals surface area contributed by atoms with Gasteiger partial charge in [-0.2, -0.15) is 5.10 Å². The molecule has 1 aromatic carbocycles. The predicted molar refractivity (Wildman–Crippen MR) is 108 cm³/mol. The Morgan fingerprint density at radius 1 is 1.30 bits per heavy atom. The van der Waals surface area contributed by atoms with Crippen LogP contribution in [-0.2, 0) is 0 Å². The maximum atomic E-state index is 12.6. The summed E-state index contributed by atoms with van der Waals surface area (Å²) in [4.78, 5) is 26.2. The second-order valence-electron chi connectivity index (χ2n) is 6.86. The molecule has 0 spiro atoms. The van der Waals surface area contributed by atoms with Gasteiger partial charge in [-0.05, 0) is 50.1 Å². The van der Waals surface area contributed by atoms with Crippen LogP contribution in [0.15, 0.2) is 30.5 Å². The van der Waals surface area contributed by atoms with Crippen LogP contribution >= 0.6 is 12.4 Å². The van der Waals surface area contributed by atoms with Gasteiger partial charge in [-0.3, -0.25) is 14.3 Å². The first-order valence-corrected chi connectivity index (χ1v) is 8.85. The molecule has 8 heteroatoms. The molecule has 1 aliphatic rings. The number of carbonyl (C=O) groups excluding carboxylic acids is 2. The number of hydrogen-bond donors (Lipinski definition) is 2. The topological polar surface area (TPSA) is 79.3 Å². The first kappa shape index (κ1) is 20.9. The van der Waals surface area contributed by atoms with E-state index >= 15 is 0 Å². The lowest BCUT2D eigenvalue weighted by atomic mass is 10.1. The monoisotopic (exact) mass is 391 g/mol. The van der Waals surface area contributed by atoms with Crippen molar-refractivity contribution in [3.63, 3.8) is 0 Å². The van der Waals surface area contributed by atoms with E-state index < -0.39 is 0 Å². The molecule has 1 atom stereocenters. The fourth-order valence-corrected chi connectivity index (χ4v) is 3.06. The maximum Gasteiger partial charge on any atom is 0.276 e. The molecule has 1 aliphatic heterocycles. The molecule has 1 aromatic heterocycles. The zero-order valence-electron chi connectivity index (χ0n) is 15.9. The number of hydrogen-bond acceptors (Lipinski definition) is 4. The molecule has 146 valence electrons. The summed E-state index contributed by atoms with van der Waals surface area (Å²) in [6, 6.07) is 7.32. The third-order valence-corrected chi connectivity index (χ3v) is 4.62. The number of rotatable bonds is 4. The SMILES string of the molecule is Cc1ccc(C(=O)N(C)C)cc1NC(=O)c1ccn(C2CCCNC2)n1.Cl. The van der Waals surface area contributed by atoms with Gasteiger partial charge in [0.15, 0.2) is 5.69 Å². The number of aryl methyl sites for hydroxylation is 1. The van der Waals surface area contributed by atoms with Crippen LogP contribution in [0, 0.1) is 6.92 Å². The summed E-state index contributed by atoms with van der Waals surface area (Å²) < 4.78 is 1.86. The fourth-order valence-electron chi connectivity index (χ4n) is 3.06. The lowest BCUT2D eigenvalue weighted by Crippen LogP contribution is -2.32. The van der Waals surface area contributed by atoms with E-state index in [4.69, 9.17) is 0 Å². The van der Waals surface area contributed by atoms with Crippen LogP contribution in [0.1, 0.15) is 45.3 Å². The van der Waals surface area contributed by atoms with Crippen LogP contribution in [-0.4, -0.2) is 53.7 Å². The minimum Gasteiger partial charge on any atom is -0.345 e. The molecule has 1 saturated heterocycles. The van der Waals surface area contributed by atoms with E-state index in [2.05, 4.69) is 15.7 Å². The highest BCUT2D eigenvalue weighted by Crippen LogP contribution is 2.20. The first-order valence-electron chi connectivity index (χ1n) is 8.85. The third-order valence-electron chi connectivity index (χ3n) is 4.62. The number of anilines is 1. The number of nitrogens with one attached hydrogen (secondary N) is 2. The van der Waals surface area contributed by atoms with Gasteiger partial charge >= 0.3 is 0 Å². The van der Waals surface area contributed by atoms with Crippen molar-refractivity contribution in [3.05, 3.63) is 47.3 Å². The average molecular weight is 392 g/mol. The molecule has 3 rings (SSSR count). The van der Waals surface area contributed by atoms with Crippen LogP contribution < -0.4 is 10.6 Å². The molecule has 7 nitrogen and oxygen atoms in total. The molecule has 1 unspecified atom stereocenters. The van der Waals surface area contributed by atoms with Crippen LogP contribution in [0.3, 0.4) is 0 Å². The Bertz CT molecular complexity index is 812. The molecule has 0 aliphatic carbocycles. The number of halogens is 1. The van der Waals surface area contributed by atoms with Gasteiger partial charge in [-0.1, -0.05) is 6.07 Å². The second kappa shape index (κ2) is 9.01. The van der Waals surface area contributed by atoms with Gasteiger partial charge in [0.05, 0.1) is 6.04 Å². The molecule has 0 bridgehead atoms. The summed E-state index contributed by atoms with van der Waals surface area (Å²) in [7, 11) is 3.40. The molecular weight excluding hydrogens is 366 g/mol. The summed E-state index contributed by atoms with van der Waals surface area (Å²) in [6.45, 7) is 3.80.